The fourth-order valence-electron chi connectivity index (χ4n) is 2.31. The molecule has 0 bridgehead atoms. The molecule has 8 nitrogen and oxygen atoms in total. The minimum atomic E-state index is -4.44. The summed E-state index contributed by atoms with van der Waals surface area (Å²) < 4.78 is 45.1. The zero-order valence-corrected chi connectivity index (χ0v) is 14.3. The molecule has 2 rings (SSSR count). The van der Waals surface area contributed by atoms with Crippen LogP contribution in [0.4, 0.5) is 10.1 Å². The van der Waals surface area contributed by atoms with Crippen LogP contribution in [0.25, 0.3) is 0 Å². The molecule has 24 heavy (non-hydrogen) atoms. The van der Waals surface area contributed by atoms with Crippen LogP contribution in [0.5, 0.6) is 0 Å². The smallest absolute Gasteiger partial charge is 0.325 e. The number of hydrogen-bond acceptors (Lipinski definition) is 7. The Morgan fingerprint density at radius 3 is 2.88 bits per heavy atom. The summed E-state index contributed by atoms with van der Waals surface area (Å²) in [6.45, 7) is 1.64. The molecular weight excluding hydrogens is 363 g/mol. The van der Waals surface area contributed by atoms with Gasteiger partial charge >= 0.3 is 11.7 Å². The van der Waals surface area contributed by atoms with Gasteiger partial charge in [0, 0.05) is 18.1 Å². The van der Waals surface area contributed by atoms with Crippen molar-refractivity contribution in [2.24, 2.45) is 0 Å². The van der Waals surface area contributed by atoms with Crippen LogP contribution in [0.2, 0.25) is 0 Å². The predicted octanol–water partition coefficient (Wildman–Crippen LogP) is 1.40. The van der Waals surface area contributed by atoms with Crippen LogP contribution in [0.3, 0.4) is 0 Å². The number of ether oxygens (including phenoxy) is 1. The van der Waals surface area contributed by atoms with Crippen molar-refractivity contribution in [3.63, 3.8) is 0 Å². The van der Waals surface area contributed by atoms with Crippen molar-refractivity contribution in [2.45, 2.75) is 17.9 Å². The van der Waals surface area contributed by atoms with Gasteiger partial charge in [-0.05, 0) is 19.1 Å². The quantitative estimate of drug-likeness (QED) is 0.433. The van der Waals surface area contributed by atoms with E-state index in [0.717, 1.165) is 22.5 Å². The molecule has 0 aliphatic carbocycles. The van der Waals surface area contributed by atoms with Gasteiger partial charge in [-0.3, -0.25) is 14.9 Å². The topological polar surface area (TPSA) is 107 Å². The number of para-hydroxylation sites is 1. The molecule has 0 N–H and O–H groups in total. The van der Waals surface area contributed by atoms with E-state index in [0.29, 0.717) is 5.75 Å². The van der Waals surface area contributed by atoms with Gasteiger partial charge in [0.2, 0.25) is 5.82 Å². The van der Waals surface area contributed by atoms with E-state index in [1.165, 1.54) is 11.8 Å². The molecule has 0 aromatic heterocycles. The molecule has 0 spiro atoms. The van der Waals surface area contributed by atoms with Gasteiger partial charge in [0.15, 0.2) is 4.90 Å². The van der Waals surface area contributed by atoms with Crippen LogP contribution < -0.4 is 0 Å². The van der Waals surface area contributed by atoms with E-state index in [1.54, 1.807) is 6.92 Å². The number of hydrogen-bond donors (Lipinski definition) is 0. The molecule has 132 valence electrons. The first-order valence-corrected chi connectivity index (χ1v) is 9.59. The van der Waals surface area contributed by atoms with Gasteiger partial charge in [-0.15, -0.1) is 0 Å². The maximum absolute atomic E-state index is 13.8. The molecule has 11 heteroatoms. The number of benzene rings is 1. The number of rotatable bonds is 5. The summed E-state index contributed by atoms with van der Waals surface area (Å²) in [5.41, 5.74) is -1.13. The Kier molecular flexibility index (Phi) is 5.78. The molecule has 1 aliphatic rings. The van der Waals surface area contributed by atoms with E-state index in [-0.39, 0.29) is 18.9 Å². The largest absolute Gasteiger partial charge is 0.465 e. The summed E-state index contributed by atoms with van der Waals surface area (Å²) in [6.07, 6.45) is 0. The summed E-state index contributed by atoms with van der Waals surface area (Å²) in [6, 6.07) is 1.75. The van der Waals surface area contributed by atoms with Gasteiger partial charge in [-0.2, -0.15) is 20.5 Å². The second kappa shape index (κ2) is 7.45. The van der Waals surface area contributed by atoms with Crippen LogP contribution in [0, 0.1) is 15.9 Å². The van der Waals surface area contributed by atoms with Gasteiger partial charge in [0.1, 0.15) is 6.04 Å². The molecule has 1 aromatic carbocycles. The Labute approximate surface area is 142 Å². The average molecular weight is 378 g/mol. The number of esters is 1. The normalized spacial score (nSPS) is 19.0. The van der Waals surface area contributed by atoms with Crippen LogP contribution in [-0.2, 0) is 19.6 Å². The molecule has 0 radical (unpaired) electrons. The number of carbonyl (C=O) groups is 1. The number of thioether (sulfide) groups is 1. The third kappa shape index (κ3) is 3.52. The van der Waals surface area contributed by atoms with E-state index < -0.39 is 43.4 Å². The maximum Gasteiger partial charge on any atom is 0.325 e. The molecule has 1 saturated heterocycles. The highest BCUT2D eigenvalue weighted by atomic mass is 32.2. The zero-order valence-electron chi connectivity index (χ0n) is 12.7. The van der Waals surface area contributed by atoms with Gasteiger partial charge in [0.05, 0.1) is 11.5 Å². The van der Waals surface area contributed by atoms with Crippen molar-refractivity contribution < 1.29 is 27.3 Å². The highest BCUT2D eigenvalue weighted by Crippen LogP contribution is 2.32. The Morgan fingerprint density at radius 1 is 1.54 bits per heavy atom. The molecule has 1 fully saturated rings. The molecule has 1 atom stereocenters. The number of carbonyl (C=O) groups excluding carboxylic acids is 1. The van der Waals surface area contributed by atoms with Crippen molar-refractivity contribution >= 4 is 33.4 Å². The molecule has 0 amide bonds. The van der Waals surface area contributed by atoms with Crippen LogP contribution in [-0.4, -0.2) is 54.3 Å². The first-order valence-electron chi connectivity index (χ1n) is 6.99. The third-order valence-electron chi connectivity index (χ3n) is 3.36. The van der Waals surface area contributed by atoms with E-state index >= 15 is 0 Å². The number of halogens is 1. The Bertz CT molecular complexity index is 755. The van der Waals surface area contributed by atoms with Crippen molar-refractivity contribution in [1.29, 1.82) is 0 Å². The molecule has 1 aromatic rings. The maximum atomic E-state index is 13.8. The van der Waals surface area contributed by atoms with Crippen molar-refractivity contribution in [3.05, 3.63) is 34.1 Å². The van der Waals surface area contributed by atoms with Gasteiger partial charge in [0.25, 0.3) is 10.0 Å². The second-order valence-electron chi connectivity index (χ2n) is 4.80. The molecular formula is C13H15FN2O6S2. The summed E-state index contributed by atoms with van der Waals surface area (Å²) in [4.78, 5) is 21.2. The molecule has 0 saturated carbocycles. The average Bonchev–Trinajstić information content (AvgIpc) is 2.54. The fraction of sp³-hybridized carbons (Fsp3) is 0.462. The number of nitro groups is 1. The summed E-state index contributed by atoms with van der Waals surface area (Å²) in [5.74, 6) is -1.40. The highest BCUT2D eigenvalue weighted by Gasteiger charge is 2.42. The number of sulfonamides is 1. The number of nitro benzene ring substituents is 1. The second-order valence-corrected chi connectivity index (χ2v) is 7.81. The lowest BCUT2D eigenvalue weighted by Crippen LogP contribution is -2.50. The minimum absolute atomic E-state index is 0.0237. The molecule has 1 heterocycles. The first-order chi connectivity index (χ1) is 11.3. The Balaban J connectivity index is 2.51. The highest BCUT2D eigenvalue weighted by molar-refractivity contribution is 7.99. The summed E-state index contributed by atoms with van der Waals surface area (Å²) in [5, 5.41) is 11.1. The van der Waals surface area contributed by atoms with Gasteiger partial charge < -0.3 is 4.74 Å². The van der Waals surface area contributed by atoms with Gasteiger partial charge in [-0.25, -0.2) is 8.42 Å². The lowest BCUT2D eigenvalue weighted by atomic mass is 10.3. The zero-order chi connectivity index (χ0) is 17.9. The van der Waals surface area contributed by atoms with E-state index in [9.17, 15) is 27.7 Å². The van der Waals surface area contributed by atoms with Crippen LogP contribution in [0.15, 0.2) is 23.1 Å². The summed E-state index contributed by atoms with van der Waals surface area (Å²) in [7, 11) is -4.44. The van der Waals surface area contributed by atoms with Crippen molar-refractivity contribution in [1.82, 2.24) is 4.31 Å². The lowest BCUT2D eigenvalue weighted by molar-refractivity contribution is -0.390. The lowest BCUT2D eigenvalue weighted by Gasteiger charge is -2.32. The Morgan fingerprint density at radius 2 is 2.25 bits per heavy atom. The van der Waals surface area contributed by atoms with E-state index in [2.05, 4.69) is 0 Å². The SMILES string of the molecule is CCOC(=O)C1CSCCN1S(=O)(=O)c1cccc(F)c1[N+](=O)[O-]. The Hall–Kier alpha value is -1.72. The van der Waals surface area contributed by atoms with E-state index in [1.807, 2.05) is 0 Å². The summed E-state index contributed by atoms with van der Waals surface area (Å²) >= 11 is 1.37. The first kappa shape index (κ1) is 18.6. The van der Waals surface area contributed by atoms with Gasteiger partial charge in [-0.1, -0.05) is 6.07 Å². The predicted molar refractivity (Wildman–Crippen MR) is 84.7 cm³/mol. The standard InChI is InChI=1S/C13H15FN2O6S2/c1-2-22-13(17)10-8-23-7-6-15(10)24(20,21)11-5-3-4-9(14)12(11)16(18)19/h3-5,10H,2,6-8H2,1H3. The number of nitrogens with zero attached hydrogens (tertiary/aromatic N) is 2. The van der Waals surface area contributed by atoms with Crippen LogP contribution in [0.1, 0.15) is 6.92 Å². The molecule has 1 unspecified atom stereocenters. The van der Waals surface area contributed by atoms with Crippen LogP contribution >= 0.6 is 11.8 Å². The third-order valence-corrected chi connectivity index (χ3v) is 6.32. The van der Waals surface area contributed by atoms with E-state index in [4.69, 9.17) is 4.74 Å². The monoisotopic (exact) mass is 378 g/mol. The van der Waals surface area contributed by atoms with Crippen molar-refractivity contribution in [3.8, 4) is 0 Å². The molecule has 1 aliphatic heterocycles. The van der Waals surface area contributed by atoms with Crippen molar-refractivity contribution in [2.75, 3.05) is 24.7 Å². The fourth-order valence-corrected chi connectivity index (χ4v) is 5.30. The minimum Gasteiger partial charge on any atom is -0.465 e.